The summed E-state index contributed by atoms with van der Waals surface area (Å²) < 4.78 is 18.2. The molecule has 0 fully saturated rings. The molecule has 0 unspecified atom stereocenters. The van der Waals surface area contributed by atoms with E-state index < -0.39 is 14.3 Å². The van der Waals surface area contributed by atoms with Gasteiger partial charge in [0.25, 0.3) is 0 Å². The van der Waals surface area contributed by atoms with Gasteiger partial charge in [-0.1, -0.05) is 70.7 Å². The van der Waals surface area contributed by atoms with Crippen molar-refractivity contribution in [2.45, 2.75) is 71.1 Å². The lowest BCUT2D eigenvalue weighted by molar-refractivity contribution is -0.146. The number of carbonyl (C=O) groups excluding carboxylic acids is 1. The highest BCUT2D eigenvalue weighted by Crippen LogP contribution is 2.38. The number of hydrogen-bond donors (Lipinski definition) is 0. The van der Waals surface area contributed by atoms with Crippen molar-refractivity contribution in [3.8, 4) is 0 Å². The summed E-state index contributed by atoms with van der Waals surface area (Å²) in [5, 5.41) is 0.0715. The largest absolute Gasteiger partial charge is 0.459 e. The maximum Gasteiger partial charge on any atom is 0.330 e. The molecule has 0 radical (unpaired) electrons. The topological polar surface area (TPSA) is 44.8 Å². The first-order valence-corrected chi connectivity index (χ1v) is 13.2. The third kappa shape index (κ3) is 8.68. The fourth-order valence-corrected chi connectivity index (χ4v) is 3.96. The van der Waals surface area contributed by atoms with Gasteiger partial charge < -0.3 is 13.9 Å². The van der Waals surface area contributed by atoms with Gasteiger partial charge in [-0.3, -0.25) is 0 Å². The minimum absolute atomic E-state index is 0.00135. The molecule has 0 aromatic heterocycles. The highest BCUT2D eigenvalue weighted by atomic mass is 28.4. The fraction of sp³-hybridized carbons (Fsp3) is 0.542. The first kappa shape index (κ1) is 25.3. The van der Waals surface area contributed by atoms with Crippen LogP contribution in [0.2, 0.25) is 18.1 Å². The monoisotopic (exact) mass is 418 g/mol. The molecule has 29 heavy (non-hydrogen) atoms. The van der Waals surface area contributed by atoms with Crippen molar-refractivity contribution in [2.24, 2.45) is 5.92 Å². The Morgan fingerprint density at radius 2 is 1.79 bits per heavy atom. The average molecular weight is 419 g/mol. The number of hydrogen-bond acceptors (Lipinski definition) is 4. The molecule has 0 N–H and O–H groups in total. The van der Waals surface area contributed by atoms with Gasteiger partial charge in [-0.15, -0.1) is 6.58 Å². The average Bonchev–Trinajstić information content (AvgIpc) is 2.66. The van der Waals surface area contributed by atoms with Crippen LogP contribution in [0.25, 0.3) is 0 Å². The molecule has 0 bridgehead atoms. The molecule has 0 saturated heterocycles. The molecule has 4 nitrogen and oxygen atoms in total. The summed E-state index contributed by atoms with van der Waals surface area (Å²) in [7, 11) is -2.02. The molecule has 3 atom stereocenters. The summed E-state index contributed by atoms with van der Waals surface area (Å²) in [6.07, 6.45) is 3.03. The van der Waals surface area contributed by atoms with E-state index in [9.17, 15) is 4.79 Å². The van der Waals surface area contributed by atoms with Gasteiger partial charge in [-0.2, -0.15) is 0 Å². The molecule has 0 saturated carbocycles. The quantitative estimate of drug-likeness (QED) is 0.183. The van der Waals surface area contributed by atoms with Crippen molar-refractivity contribution in [2.75, 3.05) is 6.61 Å². The minimum Gasteiger partial charge on any atom is -0.459 e. The van der Waals surface area contributed by atoms with Crippen molar-refractivity contribution in [3.63, 3.8) is 0 Å². The lowest BCUT2D eigenvalue weighted by Crippen LogP contribution is -2.46. The predicted octanol–water partition coefficient (Wildman–Crippen LogP) is 5.90. The Balaban J connectivity index is 2.92. The SMILES string of the molecule is C=CC(=O)O[C@@H](C[C@@H](COCc1ccccc1)O[Si](C)(C)C(C)(C)C)[C@H](C)C=C. The van der Waals surface area contributed by atoms with E-state index in [1.807, 2.05) is 37.3 Å². The van der Waals surface area contributed by atoms with E-state index in [0.29, 0.717) is 19.6 Å². The van der Waals surface area contributed by atoms with E-state index in [4.69, 9.17) is 13.9 Å². The van der Waals surface area contributed by atoms with Crippen LogP contribution in [-0.4, -0.2) is 33.1 Å². The number of ether oxygens (including phenoxy) is 2. The Morgan fingerprint density at radius 3 is 2.31 bits per heavy atom. The van der Waals surface area contributed by atoms with E-state index in [2.05, 4.69) is 47.0 Å². The molecule has 162 valence electrons. The van der Waals surface area contributed by atoms with Crippen molar-refractivity contribution >= 4 is 14.3 Å². The zero-order valence-electron chi connectivity index (χ0n) is 18.9. The van der Waals surface area contributed by atoms with Gasteiger partial charge in [-0.25, -0.2) is 4.79 Å². The fourth-order valence-electron chi connectivity index (χ4n) is 2.60. The molecule has 1 aromatic carbocycles. The highest BCUT2D eigenvalue weighted by molar-refractivity contribution is 6.74. The van der Waals surface area contributed by atoms with Crippen LogP contribution >= 0.6 is 0 Å². The van der Waals surface area contributed by atoms with Crippen molar-refractivity contribution in [1.82, 2.24) is 0 Å². The molecule has 0 heterocycles. The Bertz CT molecular complexity index is 649. The van der Waals surface area contributed by atoms with Gasteiger partial charge in [0, 0.05) is 18.4 Å². The summed E-state index contributed by atoms with van der Waals surface area (Å²) in [6, 6.07) is 10.1. The second-order valence-electron chi connectivity index (χ2n) is 9.01. The molecule has 0 aliphatic carbocycles. The van der Waals surface area contributed by atoms with Gasteiger partial charge in [0.1, 0.15) is 6.10 Å². The maximum atomic E-state index is 11.8. The number of carbonyl (C=O) groups is 1. The Hall–Kier alpha value is -1.69. The maximum absolute atomic E-state index is 11.8. The van der Waals surface area contributed by atoms with Gasteiger partial charge in [0.05, 0.1) is 19.3 Å². The van der Waals surface area contributed by atoms with Crippen LogP contribution in [0.4, 0.5) is 0 Å². The van der Waals surface area contributed by atoms with Crippen LogP contribution in [0.1, 0.15) is 39.7 Å². The zero-order valence-corrected chi connectivity index (χ0v) is 19.9. The van der Waals surface area contributed by atoms with Crippen LogP contribution in [0.5, 0.6) is 0 Å². The third-order valence-electron chi connectivity index (χ3n) is 5.57. The number of rotatable bonds is 12. The van der Waals surface area contributed by atoms with E-state index in [1.165, 1.54) is 6.08 Å². The molecular formula is C24H38O4Si. The molecule has 0 aliphatic rings. The second kappa shape index (κ2) is 11.5. The van der Waals surface area contributed by atoms with E-state index in [-0.39, 0.29) is 23.2 Å². The van der Waals surface area contributed by atoms with Gasteiger partial charge in [0.15, 0.2) is 8.32 Å². The van der Waals surface area contributed by atoms with E-state index in [0.717, 1.165) is 5.56 Å². The molecular weight excluding hydrogens is 380 g/mol. The van der Waals surface area contributed by atoms with E-state index in [1.54, 1.807) is 6.08 Å². The molecule has 0 spiro atoms. The van der Waals surface area contributed by atoms with Crippen molar-refractivity contribution in [3.05, 3.63) is 61.2 Å². The molecule has 1 aromatic rings. The highest BCUT2D eigenvalue weighted by Gasteiger charge is 2.40. The molecule has 5 heteroatoms. The van der Waals surface area contributed by atoms with Crippen molar-refractivity contribution < 1.29 is 18.7 Å². The number of benzene rings is 1. The molecule has 0 amide bonds. The minimum atomic E-state index is -2.02. The van der Waals surface area contributed by atoms with Crippen LogP contribution in [0.15, 0.2) is 55.6 Å². The zero-order chi connectivity index (χ0) is 22.1. The Labute approximate surface area is 178 Å². The summed E-state index contributed by atoms with van der Waals surface area (Å²) >= 11 is 0. The Morgan fingerprint density at radius 1 is 1.17 bits per heavy atom. The van der Waals surface area contributed by atoms with Crippen LogP contribution in [0.3, 0.4) is 0 Å². The van der Waals surface area contributed by atoms with Crippen LogP contribution < -0.4 is 0 Å². The normalized spacial score (nSPS) is 15.2. The van der Waals surface area contributed by atoms with Gasteiger partial charge >= 0.3 is 5.97 Å². The first-order chi connectivity index (χ1) is 13.5. The molecule has 1 rings (SSSR count). The summed E-state index contributed by atoms with van der Waals surface area (Å²) in [6.45, 7) is 21.4. The van der Waals surface area contributed by atoms with Gasteiger partial charge in [-0.05, 0) is 23.7 Å². The predicted molar refractivity (Wildman–Crippen MR) is 122 cm³/mol. The summed E-state index contributed by atoms with van der Waals surface area (Å²) in [5.74, 6) is -0.432. The summed E-state index contributed by atoms with van der Waals surface area (Å²) in [5.41, 5.74) is 1.12. The van der Waals surface area contributed by atoms with Crippen LogP contribution in [-0.2, 0) is 25.3 Å². The summed E-state index contributed by atoms with van der Waals surface area (Å²) in [4.78, 5) is 11.8. The Kier molecular flexibility index (Phi) is 10.0. The van der Waals surface area contributed by atoms with Crippen LogP contribution in [0, 0.1) is 5.92 Å². The molecule has 0 aliphatic heterocycles. The van der Waals surface area contributed by atoms with Crippen molar-refractivity contribution in [1.29, 1.82) is 0 Å². The van der Waals surface area contributed by atoms with Gasteiger partial charge in [0.2, 0.25) is 0 Å². The number of esters is 1. The standard InChI is InChI=1S/C24H38O4Si/c1-9-19(3)22(27-23(25)10-2)16-21(28-29(7,8)24(4,5)6)18-26-17-20-14-12-11-13-15-20/h9-15,19,21-22H,1-2,16-18H2,3-8H3/t19-,21+,22+/m1/s1. The third-order valence-corrected chi connectivity index (χ3v) is 10.1. The van der Waals surface area contributed by atoms with E-state index >= 15 is 0 Å². The second-order valence-corrected chi connectivity index (χ2v) is 13.8. The first-order valence-electron chi connectivity index (χ1n) is 10.2. The lowest BCUT2D eigenvalue weighted by atomic mass is 9.99. The smallest absolute Gasteiger partial charge is 0.330 e. The lowest BCUT2D eigenvalue weighted by Gasteiger charge is -2.40.